The summed E-state index contributed by atoms with van der Waals surface area (Å²) in [5.74, 6) is 6.33. The Morgan fingerprint density at radius 1 is 1.25 bits per heavy atom. The van der Waals surface area contributed by atoms with E-state index in [-0.39, 0.29) is 27.2 Å². The van der Waals surface area contributed by atoms with Gasteiger partial charge < -0.3 is 14.8 Å². The van der Waals surface area contributed by atoms with Gasteiger partial charge >= 0.3 is 0 Å². The summed E-state index contributed by atoms with van der Waals surface area (Å²) in [7, 11) is -1.25. The lowest BCUT2D eigenvalue weighted by Gasteiger charge is -2.25. The first-order valence-corrected chi connectivity index (χ1v) is 12.2. The Morgan fingerprint density at radius 2 is 1.91 bits per heavy atom. The van der Waals surface area contributed by atoms with Gasteiger partial charge in [0.1, 0.15) is 22.8 Å². The van der Waals surface area contributed by atoms with Gasteiger partial charge in [0.2, 0.25) is 0 Å². The highest BCUT2D eigenvalue weighted by molar-refractivity contribution is 7.91. The van der Waals surface area contributed by atoms with Crippen LogP contribution in [0.25, 0.3) is 0 Å². The highest BCUT2D eigenvalue weighted by Gasteiger charge is 2.33. The van der Waals surface area contributed by atoms with E-state index in [9.17, 15) is 23.1 Å². The standard InChI is InChI=1S/C20H26N4O6S2/c1-6-12(14-7-11(8-30-14)10(2)3)22-15-16(19(27)18(15)26)24(21)13-9-31-20(17(13)25)32(28,29)23(4)5/h7-10,12,22,25H,6,21H2,1-5H3/t12-/m1/s1. The van der Waals surface area contributed by atoms with Gasteiger partial charge in [-0.15, -0.1) is 11.3 Å². The number of thiophene rings is 1. The molecule has 0 unspecified atom stereocenters. The van der Waals surface area contributed by atoms with E-state index in [2.05, 4.69) is 5.32 Å². The minimum absolute atomic E-state index is 0.0190. The summed E-state index contributed by atoms with van der Waals surface area (Å²) in [6, 6.07) is 1.50. The Kier molecular flexibility index (Phi) is 6.52. The highest BCUT2D eigenvalue weighted by Crippen LogP contribution is 2.43. The van der Waals surface area contributed by atoms with E-state index in [1.54, 1.807) is 6.26 Å². The van der Waals surface area contributed by atoms with Crippen molar-refractivity contribution in [1.82, 2.24) is 4.31 Å². The smallest absolute Gasteiger partial charge is 0.255 e. The summed E-state index contributed by atoms with van der Waals surface area (Å²) in [6.45, 7) is 5.95. The quantitative estimate of drug-likeness (QED) is 0.238. The average molecular weight is 483 g/mol. The van der Waals surface area contributed by atoms with E-state index in [0.717, 1.165) is 26.2 Å². The molecule has 4 N–H and O–H groups in total. The molecule has 32 heavy (non-hydrogen) atoms. The molecule has 12 heteroatoms. The van der Waals surface area contributed by atoms with Crippen LogP contribution in [0.5, 0.6) is 5.75 Å². The number of nitrogens with two attached hydrogens (primary N) is 1. The lowest BCUT2D eigenvalue weighted by atomic mass is 10.0. The molecule has 1 aromatic carbocycles. The van der Waals surface area contributed by atoms with Crippen molar-refractivity contribution in [1.29, 1.82) is 0 Å². The van der Waals surface area contributed by atoms with Gasteiger partial charge in [-0.1, -0.05) is 20.8 Å². The number of hydrazine groups is 1. The molecule has 2 heterocycles. The fourth-order valence-corrected chi connectivity index (χ4v) is 5.53. The van der Waals surface area contributed by atoms with Gasteiger partial charge in [0.25, 0.3) is 20.9 Å². The molecule has 3 rings (SSSR count). The van der Waals surface area contributed by atoms with Gasteiger partial charge in [-0.25, -0.2) is 18.6 Å². The first-order chi connectivity index (χ1) is 14.9. The zero-order valence-electron chi connectivity index (χ0n) is 18.4. The molecule has 0 bridgehead atoms. The summed E-state index contributed by atoms with van der Waals surface area (Å²) in [5, 5.41) is 15.6. The van der Waals surface area contributed by atoms with Gasteiger partial charge in [0, 0.05) is 19.5 Å². The molecule has 10 nitrogen and oxygen atoms in total. The van der Waals surface area contributed by atoms with Crippen molar-refractivity contribution < 1.29 is 17.9 Å². The molecule has 0 fully saturated rings. The van der Waals surface area contributed by atoms with Crippen LogP contribution in [0.15, 0.2) is 35.9 Å². The summed E-state index contributed by atoms with van der Waals surface area (Å²) in [5.41, 5.74) is -0.863. The lowest BCUT2D eigenvalue weighted by Crippen LogP contribution is -2.43. The first kappa shape index (κ1) is 24.0. The molecule has 0 saturated carbocycles. The predicted octanol–water partition coefficient (Wildman–Crippen LogP) is 2.59. The molecule has 0 aliphatic heterocycles. The Morgan fingerprint density at radius 3 is 2.44 bits per heavy atom. The Bertz CT molecular complexity index is 1300. The summed E-state index contributed by atoms with van der Waals surface area (Å²) in [6.07, 6.45) is 2.21. The normalized spacial score (nSPS) is 13.2. The van der Waals surface area contributed by atoms with E-state index in [1.165, 1.54) is 19.5 Å². The van der Waals surface area contributed by atoms with Crippen molar-refractivity contribution in [3.63, 3.8) is 0 Å². The molecule has 0 spiro atoms. The van der Waals surface area contributed by atoms with E-state index in [1.807, 2.05) is 26.8 Å². The summed E-state index contributed by atoms with van der Waals surface area (Å²) < 4.78 is 31.0. The fraction of sp³-hybridized carbons (Fsp3) is 0.400. The number of hydrogen-bond acceptors (Lipinski definition) is 10. The van der Waals surface area contributed by atoms with Crippen LogP contribution in [0, 0.1) is 0 Å². The first-order valence-electron chi connectivity index (χ1n) is 9.87. The molecule has 0 radical (unpaired) electrons. The summed E-state index contributed by atoms with van der Waals surface area (Å²) >= 11 is 0.760. The molecule has 0 aliphatic carbocycles. The predicted molar refractivity (Wildman–Crippen MR) is 124 cm³/mol. The third-order valence-corrected chi connectivity index (χ3v) is 8.48. The van der Waals surface area contributed by atoms with Gasteiger partial charge in [-0.2, -0.15) is 0 Å². The zero-order chi connectivity index (χ0) is 24.0. The SMILES string of the molecule is CC[C@@H](Nc1c(N(N)c2csc(S(=O)(=O)N(C)C)c2O)c(=O)c1=O)c1cc(C(C)C)co1. The number of aromatic hydroxyl groups is 1. The van der Waals surface area contributed by atoms with Crippen LogP contribution in [-0.4, -0.2) is 31.9 Å². The van der Waals surface area contributed by atoms with E-state index < -0.39 is 32.7 Å². The second-order valence-corrected chi connectivity index (χ2v) is 11.1. The van der Waals surface area contributed by atoms with Crippen LogP contribution in [0.4, 0.5) is 17.1 Å². The van der Waals surface area contributed by atoms with Crippen molar-refractivity contribution in [2.45, 2.75) is 43.4 Å². The van der Waals surface area contributed by atoms with Gasteiger partial charge in [-0.3, -0.25) is 14.6 Å². The number of anilines is 3. The third kappa shape index (κ3) is 3.94. The number of furan rings is 1. The van der Waals surface area contributed by atoms with Crippen LogP contribution in [0.1, 0.15) is 50.5 Å². The van der Waals surface area contributed by atoms with Crippen molar-refractivity contribution in [2.75, 3.05) is 24.4 Å². The average Bonchev–Trinajstić information content (AvgIpc) is 3.37. The molecule has 0 saturated heterocycles. The number of sulfonamides is 1. The maximum atomic E-state index is 12.4. The topological polar surface area (TPSA) is 146 Å². The van der Waals surface area contributed by atoms with Crippen molar-refractivity contribution >= 4 is 38.4 Å². The Hall–Kier alpha value is -2.67. The van der Waals surface area contributed by atoms with Gasteiger partial charge in [-0.05, 0) is 24.0 Å². The van der Waals surface area contributed by atoms with Crippen molar-refractivity contribution in [2.24, 2.45) is 5.84 Å². The Balaban J connectivity index is 1.95. The molecule has 1 atom stereocenters. The molecular weight excluding hydrogens is 456 g/mol. The molecule has 3 aromatic rings. The summed E-state index contributed by atoms with van der Waals surface area (Å²) in [4.78, 5) is 24.6. The largest absolute Gasteiger partial charge is 0.504 e. The Labute approximate surface area is 189 Å². The number of hydrogen-bond donors (Lipinski definition) is 3. The van der Waals surface area contributed by atoms with Crippen molar-refractivity contribution in [3.8, 4) is 5.75 Å². The molecule has 174 valence electrons. The number of nitrogens with zero attached hydrogens (tertiary/aromatic N) is 2. The van der Waals surface area contributed by atoms with Crippen LogP contribution in [0.2, 0.25) is 0 Å². The number of rotatable bonds is 9. The maximum absolute atomic E-state index is 12.4. The minimum Gasteiger partial charge on any atom is -0.504 e. The maximum Gasteiger partial charge on any atom is 0.255 e. The molecule has 2 aromatic heterocycles. The third-order valence-electron chi connectivity index (χ3n) is 5.19. The van der Waals surface area contributed by atoms with E-state index in [4.69, 9.17) is 10.3 Å². The van der Waals surface area contributed by atoms with Crippen LogP contribution < -0.4 is 27.0 Å². The van der Waals surface area contributed by atoms with Crippen LogP contribution in [0.3, 0.4) is 0 Å². The van der Waals surface area contributed by atoms with Crippen LogP contribution in [-0.2, 0) is 10.0 Å². The minimum atomic E-state index is -3.91. The van der Waals surface area contributed by atoms with Crippen LogP contribution >= 0.6 is 11.3 Å². The monoisotopic (exact) mass is 482 g/mol. The van der Waals surface area contributed by atoms with Gasteiger partial charge in [0.15, 0.2) is 9.96 Å². The second kappa shape index (κ2) is 8.70. The highest BCUT2D eigenvalue weighted by atomic mass is 32.2. The zero-order valence-corrected chi connectivity index (χ0v) is 20.0. The second-order valence-electron chi connectivity index (χ2n) is 7.84. The lowest BCUT2D eigenvalue weighted by molar-refractivity contribution is 0.458. The number of nitrogens with one attached hydrogen (secondary N) is 1. The molecular formula is C20H26N4O6S2. The van der Waals surface area contributed by atoms with Gasteiger partial charge in [0.05, 0.1) is 12.3 Å². The fourth-order valence-electron chi connectivity index (χ4n) is 3.11. The van der Waals surface area contributed by atoms with E-state index >= 15 is 0 Å². The molecule has 0 amide bonds. The van der Waals surface area contributed by atoms with E-state index in [0.29, 0.717) is 12.2 Å². The van der Waals surface area contributed by atoms with Crippen molar-refractivity contribution in [3.05, 3.63) is 49.5 Å². The molecule has 0 aliphatic rings.